The molecule has 0 radical (unpaired) electrons. The monoisotopic (exact) mass is 297 g/mol. The zero-order valence-electron chi connectivity index (χ0n) is 10.5. The first-order valence-corrected chi connectivity index (χ1v) is 7.04. The molecule has 0 amide bonds. The van der Waals surface area contributed by atoms with Gasteiger partial charge >= 0.3 is 0 Å². The highest BCUT2D eigenvalue weighted by molar-refractivity contribution is 9.10. The van der Waals surface area contributed by atoms with Crippen molar-refractivity contribution in [2.24, 2.45) is 0 Å². The number of benzene rings is 1. The smallest absolute Gasteiger partial charge is 0.0572 e. The summed E-state index contributed by atoms with van der Waals surface area (Å²) in [4.78, 5) is 0. The first kappa shape index (κ1) is 12.9. The number of hydrogen-bond acceptors (Lipinski definition) is 2. The molecule has 1 saturated carbocycles. The number of aryl methyl sites for hydroxylation is 1. The van der Waals surface area contributed by atoms with Crippen LogP contribution in [0.3, 0.4) is 0 Å². The zero-order valence-corrected chi connectivity index (χ0v) is 12.1. The van der Waals surface area contributed by atoms with E-state index in [4.69, 9.17) is 4.74 Å². The second-order valence-electron chi connectivity index (χ2n) is 4.81. The van der Waals surface area contributed by atoms with Crippen LogP contribution in [0.2, 0.25) is 0 Å². The highest BCUT2D eigenvalue weighted by Gasteiger charge is 2.20. The molecule has 0 aromatic heterocycles. The van der Waals surface area contributed by atoms with E-state index in [1.165, 1.54) is 36.9 Å². The largest absolute Gasteiger partial charge is 0.382 e. The highest BCUT2D eigenvalue weighted by atomic mass is 79.9. The molecule has 17 heavy (non-hydrogen) atoms. The van der Waals surface area contributed by atoms with Crippen molar-refractivity contribution in [3.05, 3.63) is 28.2 Å². The van der Waals surface area contributed by atoms with Crippen molar-refractivity contribution in [2.45, 2.75) is 44.8 Å². The predicted octanol–water partition coefficient (Wildman–Crippen LogP) is 4.13. The van der Waals surface area contributed by atoms with Gasteiger partial charge in [0, 0.05) is 23.3 Å². The Morgan fingerprint density at radius 2 is 1.94 bits per heavy atom. The van der Waals surface area contributed by atoms with Crippen LogP contribution in [0.1, 0.15) is 31.2 Å². The van der Waals surface area contributed by atoms with Gasteiger partial charge in [-0.05, 0) is 50.3 Å². The van der Waals surface area contributed by atoms with Gasteiger partial charge in [-0.15, -0.1) is 0 Å². The topological polar surface area (TPSA) is 21.3 Å². The van der Waals surface area contributed by atoms with Gasteiger partial charge in [0.05, 0.1) is 6.10 Å². The Morgan fingerprint density at radius 3 is 2.59 bits per heavy atom. The molecule has 0 unspecified atom stereocenters. The van der Waals surface area contributed by atoms with Gasteiger partial charge in [0.1, 0.15) is 0 Å². The second kappa shape index (κ2) is 5.87. The molecule has 0 aliphatic heterocycles. The molecule has 0 bridgehead atoms. The maximum Gasteiger partial charge on any atom is 0.0572 e. The number of nitrogens with one attached hydrogen (secondary N) is 1. The molecular formula is C14H20BrNO. The summed E-state index contributed by atoms with van der Waals surface area (Å²) in [5.41, 5.74) is 2.56. The third-order valence-electron chi connectivity index (χ3n) is 3.57. The molecule has 1 aromatic rings. The maximum atomic E-state index is 5.40. The van der Waals surface area contributed by atoms with Gasteiger partial charge in [-0.2, -0.15) is 0 Å². The average molecular weight is 298 g/mol. The van der Waals surface area contributed by atoms with Gasteiger partial charge < -0.3 is 10.1 Å². The van der Waals surface area contributed by atoms with E-state index in [1.807, 2.05) is 7.11 Å². The Morgan fingerprint density at radius 1 is 1.24 bits per heavy atom. The van der Waals surface area contributed by atoms with Gasteiger partial charge in [0.2, 0.25) is 0 Å². The Balaban J connectivity index is 1.95. The minimum Gasteiger partial charge on any atom is -0.382 e. The number of ether oxygens (including phenoxy) is 1. The van der Waals surface area contributed by atoms with E-state index in [2.05, 4.69) is 46.4 Å². The average Bonchev–Trinajstić information content (AvgIpc) is 2.35. The molecule has 0 heterocycles. The maximum absolute atomic E-state index is 5.40. The Kier molecular flexibility index (Phi) is 4.46. The third-order valence-corrected chi connectivity index (χ3v) is 4.06. The number of rotatable bonds is 3. The van der Waals surface area contributed by atoms with E-state index in [0.717, 1.165) is 4.47 Å². The van der Waals surface area contributed by atoms with Crippen molar-refractivity contribution in [1.82, 2.24) is 0 Å². The van der Waals surface area contributed by atoms with Crippen LogP contribution in [0.5, 0.6) is 0 Å². The molecule has 1 aromatic carbocycles. The quantitative estimate of drug-likeness (QED) is 0.906. The van der Waals surface area contributed by atoms with E-state index in [1.54, 1.807) is 0 Å². The van der Waals surface area contributed by atoms with Gasteiger partial charge in [-0.3, -0.25) is 0 Å². The second-order valence-corrected chi connectivity index (χ2v) is 5.73. The van der Waals surface area contributed by atoms with E-state index < -0.39 is 0 Å². The number of anilines is 1. The lowest BCUT2D eigenvalue weighted by atomic mass is 9.92. The SMILES string of the molecule is COC1CCC(Nc2cc(Br)ccc2C)CC1. The summed E-state index contributed by atoms with van der Waals surface area (Å²) in [6, 6.07) is 6.99. The highest BCUT2D eigenvalue weighted by Crippen LogP contribution is 2.26. The van der Waals surface area contributed by atoms with Crippen molar-refractivity contribution in [1.29, 1.82) is 0 Å². The van der Waals surface area contributed by atoms with Crippen LogP contribution >= 0.6 is 15.9 Å². The molecule has 0 saturated heterocycles. The van der Waals surface area contributed by atoms with Crippen molar-refractivity contribution < 1.29 is 4.74 Å². The van der Waals surface area contributed by atoms with Gasteiger partial charge in [-0.25, -0.2) is 0 Å². The van der Waals surface area contributed by atoms with Crippen molar-refractivity contribution in [2.75, 3.05) is 12.4 Å². The number of methoxy groups -OCH3 is 1. The molecule has 1 fully saturated rings. The summed E-state index contributed by atoms with van der Waals surface area (Å²) < 4.78 is 6.53. The molecule has 1 aliphatic rings. The van der Waals surface area contributed by atoms with Crippen LogP contribution in [0, 0.1) is 6.92 Å². The number of hydrogen-bond donors (Lipinski definition) is 1. The molecule has 0 spiro atoms. The lowest BCUT2D eigenvalue weighted by Crippen LogP contribution is -2.29. The summed E-state index contributed by atoms with van der Waals surface area (Å²) in [7, 11) is 1.82. The third kappa shape index (κ3) is 3.46. The van der Waals surface area contributed by atoms with Crippen LogP contribution in [-0.2, 0) is 4.74 Å². The summed E-state index contributed by atoms with van der Waals surface area (Å²) in [6.45, 7) is 2.15. The first-order chi connectivity index (χ1) is 8.19. The van der Waals surface area contributed by atoms with E-state index in [9.17, 15) is 0 Å². The van der Waals surface area contributed by atoms with Crippen LogP contribution in [0.25, 0.3) is 0 Å². The lowest BCUT2D eigenvalue weighted by molar-refractivity contribution is 0.0682. The van der Waals surface area contributed by atoms with Gasteiger partial charge in [-0.1, -0.05) is 22.0 Å². The van der Waals surface area contributed by atoms with Gasteiger partial charge in [0.25, 0.3) is 0 Å². The molecule has 3 heteroatoms. The van der Waals surface area contributed by atoms with E-state index >= 15 is 0 Å². The Hall–Kier alpha value is -0.540. The number of halogens is 1. The minimum absolute atomic E-state index is 0.469. The van der Waals surface area contributed by atoms with E-state index in [-0.39, 0.29) is 0 Å². The van der Waals surface area contributed by atoms with Crippen molar-refractivity contribution in [3.8, 4) is 0 Å². The minimum atomic E-state index is 0.469. The normalized spacial score (nSPS) is 24.6. The molecule has 94 valence electrons. The summed E-state index contributed by atoms with van der Waals surface area (Å²) >= 11 is 3.52. The summed E-state index contributed by atoms with van der Waals surface area (Å²) in [5, 5.41) is 3.65. The first-order valence-electron chi connectivity index (χ1n) is 6.24. The molecule has 1 aliphatic carbocycles. The standard InChI is InChI=1S/C14H20BrNO/c1-10-3-4-11(15)9-14(10)16-12-5-7-13(17-2)8-6-12/h3-4,9,12-13,16H,5-8H2,1-2H3. The predicted molar refractivity (Wildman–Crippen MR) is 75.6 cm³/mol. The van der Waals surface area contributed by atoms with Crippen molar-refractivity contribution in [3.63, 3.8) is 0 Å². The molecule has 2 rings (SSSR count). The lowest BCUT2D eigenvalue weighted by Gasteiger charge is -2.29. The zero-order chi connectivity index (χ0) is 12.3. The molecule has 2 nitrogen and oxygen atoms in total. The van der Waals surface area contributed by atoms with Crippen molar-refractivity contribution >= 4 is 21.6 Å². The molecule has 0 atom stereocenters. The van der Waals surface area contributed by atoms with E-state index in [0.29, 0.717) is 12.1 Å². The summed E-state index contributed by atoms with van der Waals surface area (Å²) in [6.07, 6.45) is 5.20. The fraction of sp³-hybridized carbons (Fsp3) is 0.571. The molecular weight excluding hydrogens is 278 g/mol. The fourth-order valence-electron chi connectivity index (χ4n) is 2.41. The Labute approximate surface area is 112 Å². The van der Waals surface area contributed by atoms with Crippen LogP contribution in [0.4, 0.5) is 5.69 Å². The van der Waals surface area contributed by atoms with Crippen LogP contribution in [0.15, 0.2) is 22.7 Å². The van der Waals surface area contributed by atoms with Crippen LogP contribution < -0.4 is 5.32 Å². The molecule has 1 N–H and O–H groups in total. The summed E-state index contributed by atoms with van der Waals surface area (Å²) in [5.74, 6) is 0. The van der Waals surface area contributed by atoms with Gasteiger partial charge in [0.15, 0.2) is 0 Å². The van der Waals surface area contributed by atoms with Crippen LogP contribution in [-0.4, -0.2) is 19.3 Å². The fourth-order valence-corrected chi connectivity index (χ4v) is 2.77. The Bertz CT molecular complexity index is 372.